The predicted molar refractivity (Wildman–Crippen MR) is 86.9 cm³/mol. The Bertz CT molecular complexity index is 770. The van der Waals surface area contributed by atoms with E-state index in [0.717, 1.165) is 23.2 Å². The van der Waals surface area contributed by atoms with E-state index >= 15 is 0 Å². The van der Waals surface area contributed by atoms with Gasteiger partial charge in [0.25, 0.3) is 0 Å². The molecular formula is C18H18N2O. The highest BCUT2D eigenvalue weighted by molar-refractivity contribution is 5.76. The zero-order chi connectivity index (χ0) is 14.7. The third-order valence-electron chi connectivity index (χ3n) is 3.35. The highest BCUT2D eigenvalue weighted by Crippen LogP contribution is 2.19. The minimum absolute atomic E-state index is 0.632. The summed E-state index contributed by atoms with van der Waals surface area (Å²) in [5.41, 5.74) is 5.31. The van der Waals surface area contributed by atoms with Crippen molar-refractivity contribution in [2.75, 3.05) is 7.05 Å². The van der Waals surface area contributed by atoms with Gasteiger partial charge in [-0.15, -0.1) is 0 Å². The molecule has 0 aliphatic rings. The summed E-state index contributed by atoms with van der Waals surface area (Å²) in [5.74, 6) is 0.632. The van der Waals surface area contributed by atoms with Crippen molar-refractivity contribution in [3.05, 3.63) is 65.0 Å². The summed E-state index contributed by atoms with van der Waals surface area (Å²) in [7, 11) is 1.93. The second-order valence-corrected chi connectivity index (χ2v) is 5.13. The highest BCUT2D eigenvalue weighted by Gasteiger charge is 2.04. The van der Waals surface area contributed by atoms with E-state index in [1.165, 1.54) is 11.1 Å². The minimum atomic E-state index is 0.632. The van der Waals surface area contributed by atoms with E-state index in [1.54, 1.807) is 0 Å². The lowest BCUT2D eigenvalue weighted by atomic mass is 10.1. The molecule has 106 valence electrons. The number of benzene rings is 2. The molecule has 0 spiro atoms. The zero-order valence-corrected chi connectivity index (χ0v) is 12.3. The molecule has 1 N–H and O–H groups in total. The van der Waals surface area contributed by atoms with E-state index in [-0.39, 0.29) is 0 Å². The van der Waals surface area contributed by atoms with Gasteiger partial charge in [-0.2, -0.15) is 0 Å². The first-order valence-corrected chi connectivity index (χ1v) is 7.03. The Morgan fingerprint density at radius 3 is 2.67 bits per heavy atom. The van der Waals surface area contributed by atoms with Crippen LogP contribution in [0.2, 0.25) is 0 Å². The average molecular weight is 278 g/mol. The molecule has 0 fully saturated rings. The quantitative estimate of drug-likeness (QED) is 0.783. The average Bonchev–Trinajstić information content (AvgIpc) is 2.89. The Labute approximate surface area is 124 Å². The summed E-state index contributed by atoms with van der Waals surface area (Å²) in [5, 5.41) is 3.13. The first-order valence-electron chi connectivity index (χ1n) is 7.03. The molecule has 1 aromatic heterocycles. The molecule has 0 radical (unpaired) electrons. The first kappa shape index (κ1) is 13.6. The molecule has 0 atom stereocenters. The normalized spacial score (nSPS) is 11.5. The fraction of sp³-hybridized carbons (Fsp3) is 0.167. The summed E-state index contributed by atoms with van der Waals surface area (Å²) in [6.07, 6.45) is 3.92. The third kappa shape index (κ3) is 3.20. The lowest BCUT2D eigenvalue weighted by Crippen LogP contribution is -2.04. The van der Waals surface area contributed by atoms with Crippen LogP contribution in [0.5, 0.6) is 0 Å². The van der Waals surface area contributed by atoms with Gasteiger partial charge in [0.15, 0.2) is 5.58 Å². The van der Waals surface area contributed by atoms with E-state index in [1.807, 2.05) is 25.3 Å². The first-order chi connectivity index (χ1) is 10.2. The molecule has 0 amide bonds. The van der Waals surface area contributed by atoms with Gasteiger partial charge in [0.2, 0.25) is 5.89 Å². The minimum Gasteiger partial charge on any atom is -0.437 e. The number of rotatable bonds is 4. The van der Waals surface area contributed by atoms with Crippen LogP contribution in [0.25, 0.3) is 23.3 Å². The Kier molecular flexibility index (Phi) is 3.84. The highest BCUT2D eigenvalue weighted by atomic mass is 16.3. The van der Waals surface area contributed by atoms with Crippen molar-refractivity contribution >= 4 is 23.3 Å². The van der Waals surface area contributed by atoms with Crippen molar-refractivity contribution in [1.29, 1.82) is 0 Å². The van der Waals surface area contributed by atoms with Crippen LogP contribution >= 0.6 is 0 Å². The molecule has 3 aromatic rings. The van der Waals surface area contributed by atoms with Crippen molar-refractivity contribution in [3.8, 4) is 0 Å². The Balaban J connectivity index is 1.85. The molecule has 0 unspecified atom stereocenters. The van der Waals surface area contributed by atoms with Gasteiger partial charge in [0, 0.05) is 12.6 Å². The van der Waals surface area contributed by atoms with Crippen LogP contribution in [0.3, 0.4) is 0 Å². The Morgan fingerprint density at radius 2 is 1.90 bits per heavy atom. The van der Waals surface area contributed by atoms with Crippen molar-refractivity contribution in [2.24, 2.45) is 0 Å². The largest absolute Gasteiger partial charge is 0.437 e. The lowest BCUT2D eigenvalue weighted by molar-refractivity contribution is 0.589. The smallest absolute Gasteiger partial charge is 0.220 e. The van der Waals surface area contributed by atoms with Gasteiger partial charge in [-0.3, -0.25) is 0 Å². The van der Waals surface area contributed by atoms with Gasteiger partial charge in [0.05, 0.1) is 0 Å². The molecule has 21 heavy (non-hydrogen) atoms. The molecule has 0 saturated carbocycles. The summed E-state index contributed by atoms with van der Waals surface area (Å²) < 4.78 is 5.73. The number of nitrogens with one attached hydrogen (secondary N) is 1. The molecule has 3 rings (SSSR count). The number of oxazole rings is 1. The molecule has 2 aromatic carbocycles. The van der Waals surface area contributed by atoms with Crippen LogP contribution in [0, 0.1) is 6.92 Å². The lowest BCUT2D eigenvalue weighted by Gasteiger charge is -1.97. The van der Waals surface area contributed by atoms with Gasteiger partial charge >= 0.3 is 0 Å². The summed E-state index contributed by atoms with van der Waals surface area (Å²) >= 11 is 0. The van der Waals surface area contributed by atoms with Crippen LogP contribution < -0.4 is 5.32 Å². The number of fused-ring (bicyclic) bond motifs is 1. The van der Waals surface area contributed by atoms with E-state index in [2.05, 4.69) is 53.6 Å². The summed E-state index contributed by atoms with van der Waals surface area (Å²) in [6.45, 7) is 2.91. The van der Waals surface area contributed by atoms with Crippen molar-refractivity contribution in [3.63, 3.8) is 0 Å². The van der Waals surface area contributed by atoms with Crippen LogP contribution in [0.15, 0.2) is 46.9 Å². The van der Waals surface area contributed by atoms with Gasteiger partial charge in [0.1, 0.15) is 5.52 Å². The maximum atomic E-state index is 5.73. The fourth-order valence-corrected chi connectivity index (χ4v) is 2.22. The molecule has 3 heteroatoms. The van der Waals surface area contributed by atoms with Gasteiger partial charge in [-0.25, -0.2) is 4.98 Å². The molecule has 0 bridgehead atoms. The van der Waals surface area contributed by atoms with Gasteiger partial charge < -0.3 is 9.73 Å². The van der Waals surface area contributed by atoms with E-state index < -0.39 is 0 Å². The van der Waals surface area contributed by atoms with Gasteiger partial charge in [-0.1, -0.05) is 35.9 Å². The summed E-state index contributed by atoms with van der Waals surface area (Å²) in [6, 6.07) is 14.4. The number of hydrogen-bond acceptors (Lipinski definition) is 3. The van der Waals surface area contributed by atoms with Crippen molar-refractivity contribution in [2.45, 2.75) is 13.5 Å². The topological polar surface area (TPSA) is 38.1 Å². The Morgan fingerprint density at radius 1 is 1.10 bits per heavy atom. The molecule has 0 aliphatic heterocycles. The second kappa shape index (κ2) is 5.94. The zero-order valence-electron chi connectivity index (χ0n) is 12.3. The second-order valence-electron chi connectivity index (χ2n) is 5.13. The molecule has 1 heterocycles. The number of hydrogen-bond donors (Lipinski definition) is 1. The van der Waals surface area contributed by atoms with E-state index in [0.29, 0.717) is 5.89 Å². The van der Waals surface area contributed by atoms with Crippen LogP contribution in [0.1, 0.15) is 22.6 Å². The Hall–Kier alpha value is -2.39. The molecular weight excluding hydrogens is 260 g/mol. The third-order valence-corrected chi connectivity index (χ3v) is 3.35. The SMILES string of the molecule is CNCc1ccc2oc(/C=C/c3ccc(C)cc3)nc2c1. The van der Waals surface area contributed by atoms with Gasteiger partial charge in [-0.05, 0) is 43.3 Å². The molecule has 0 saturated heterocycles. The van der Waals surface area contributed by atoms with Crippen molar-refractivity contribution in [1.82, 2.24) is 10.3 Å². The number of aryl methyl sites for hydroxylation is 1. The maximum Gasteiger partial charge on any atom is 0.220 e. The molecule has 0 aliphatic carbocycles. The molecule has 3 nitrogen and oxygen atoms in total. The summed E-state index contributed by atoms with van der Waals surface area (Å²) in [4.78, 5) is 4.51. The monoisotopic (exact) mass is 278 g/mol. The van der Waals surface area contributed by atoms with Crippen molar-refractivity contribution < 1.29 is 4.42 Å². The van der Waals surface area contributed by atoms with Crippen LogP contribution in [-0.2, 0) is 6.54 Å². The maximum absolute atomic E-state index is 5.73. The van der Waals surface area contributed by atoms with E-state index in [9.17, 15) is 0 Å². The number of aromatic nitrogens is 1. The van der Waals surface area contributed by atoms with Crippen LogP contribution in [-0.4, -0.2) is 12.0 Å². The fourth-order valence-electron chi connectivity index (χ4n) is 2.22. The standard InChI is InChI=1S/C18H18N2O/c1-13-3-5-14(6-4-13)8-10-18-20-16-11-15(12-19-2)7-9-17(16)21-18/h3-11,19H,12H2,1-2H3/b10-8+. The number of nitrogens with zero attached hydrogens (tertiary/aromatic N) is 1. The predicted octanol–water partition coefficient (Wildman–Crippen LogP) is 4.03. The van der Waals surface area contributed by atoms with E-state index in [4.69, 9.17) is 4.42 Å². The van der Waals surface area contributed by atoms with Crippen LogP contribution in [0.4, 0.5) is 0 Å².